The zero-order valence-electron chi connectivity index (χ0n) is 7.88. The molecule has 0 aliphatic rings. The number of pyridine rings is 1. The van der Waals surface area contributed by atoms with Crippen molar-refractivity contribution >= 4 is 17.9 Å². The van der Waals surface area contributed by atoms with Gasteiger partial charge in [0.15, 0.2) is 11.9 Å². The molecule has 6 nitrogen and oxygen atoms in total. The molecule has 0 atom stereocenters. The zero-order valence-corrected chi connectivity index (χ0v) is 7.88. The highest BCUT2D eigenvalue weighted by atomic mass is 16.5. The second-order valence-electron chi connectivity index (χ2n) is 2.82. The maximum atomic E-state index is 11.4. The quantitative estimate of drug-likeness (QED) is 0.521. The summed E-state index contributed by atoms with van der Waals surface area (Å²) in [6.07, 6.45) is 3.42. The maximum Gasteiger partial charge on any atom is 0.341 e. The van der Waals surface area contributed by atoms with Crippen LogP contribution in [0.1, 0.15) is 20.7 Å². The van der Waals surface area contributed by atoms with E-state index in [1.54, 1.807) is 0 Å². The van der Waals surface area contributed by atoms with Crippen molar-refractivity contribution in [2.75, 3.05) is 7.11 Å². The second kappa shape index (κ2) is 3.49. The van der Waals surface area contributed by atoms with Gasteiger partial charge >= 0.3 is 5.97 Å². The van der Waals surface area contributed by atoms with Gasteiger partial charge in [-0.15, -0.1) is 0 Å². The summed E-state index contributed by atoms with van der Waals surface area (Å²) in [6, 6.07) is 1.42. The molecule has 0 saturated carbocycles. The molecule has 2 rings (SSSR count). The molecule has 0 aromatic carbocycles. The first kappa shape index (κ1) is 9.32. The van der Waals surface area contributed by atoms with E-state index < -0.39 is 5.97 Å². The van der Waals surface area contributed by atoms with E-state index in [0.717, 1.165) is 0 Å². The van der Waals surface area contributed by atoms with Crippen molar-refractivity contribution in [3.63, 3.8) is 0 Å². The smallest absolute Gasteiger partial charge is 0.341 e. The number of fused-ring (bicyclic) bond motifs is 1. The number of esters is 1. The molecular formula is C9H7N3O3. The number of hydrogen-bond acceptors (Lipinski definition) is 5. The van der Waals surface area contributed by atoms with E-state index in [1.165, 1.54) is 30.2 Å². The Morgan fingerprint density at radius 2 is 2.40 bits per heavy atom. The lowest BCUT2D eigenvalue weighted by atomic mass is 10.2. The van der Waals surface area contributed by atoms with Crippen LogP contribution in [0.25, 0.3) is 5.65 Å². The summed E-state index contributed by atoms with van der Waals surface area (Å²) >= 11 is 0. The van der Waals surface area contributed by atoms with Crippen molar-refractivity contribution in [3.05, 3.63) is 29.7 Å². The summed E-state index contributed by atoms with van der Waals surface area (Å²) in [5.74, 6) is -0.545. The third kappa shape index (κ3) is 1.45. The van der Waals surface area contributed by atoms with Crippen molar-refractivity contribution < 1.29 is 14.3 Å². The zero-order chi connectivity index (χ0) is 10.8. The molecule has 0 saturated heterocycles. The highest BCUT2D eigenvalue weighted by Gasteiger charge is 2.13. The summed E-state index contributed by atoms with van der Waals surface area (Å²) in [5.41, 5.74) is 0.931. The van der Waals surface area contributed by atoms with Gasteiger partial charge in [0, 0.05) is 11.8 Å². The third-order valence-electron chi connectivity index (χ3n) is 1.94. The lowest BCUT2D eigenvalue weighted by molar-refractivity contribution is 0.0602. The fourth-order valence-corrected chi connectivity index (χ4v) is 1.27. The number of ether oxygens (including phenoxy) is 1. The molecule has 0 radical (unpaired) electrons. The van der Waals surface area contributed by atoms with Gasteiger partial charge in [0.1, 0.15) is 11.9 Å². The molecule has 0 aliphatic heterocycles. The van der Waals surface area contributed by atoms with Gasteiger partial charge in [-0.1, -0.05) is 0 Å². The molecule has 2 heterocycles. The minimum atomic E-state index is -0.545. The maximum absolute atomic E-state index is 11.4. The van der Waals surface area contributed by atoms with Gasteiger partial charge < -0.3 is 4.74 Å². The van der Waals surface area contributed by atoms with E-state index in [1.807, 2.05) is 0 Å². The van der Waals surface area contributed by atoms with Gasteiger partial charge in [-0.05, 0) is 6.07 Å². The average molecular weight is 205 g/mol. The molecule has 15 heavy (non-hydrogen) atoms. The molecule has 0 spiro atoms. The highest BCUT2D eigenvalue weighted by Crippen LogP contribution is 2.10. The number of methoxy groups -OCH3 is 1. The predicted octanol–water partition coefficient (Wildman–Crippen LogP) is 0.328. The Morgan fingerprint density at radius 1 is 1.60 bits per heavy atom. The molecule has 0 N–H and O–H groups in total. The number of carbonyl (C=O) groups excluding carboxylic acids is 2. The first-order chi connectivity index (χ1) is 7.26. The molecule has 0 amide bonds. The predicted molar refractivity (Wildman–Crippen MR) is 49.7 cm³/mol. The van der Waals surface area contributed by atoms with Crippen LogP contribution in [0.5, 0.6) is 0 Å². The van der Waals surface area contributed by atoms with Gasteiger partial charge in [-0.3, -0.25) is 4.79 Å². The molecule has 0 fully saturated rings. The van der Waals surface area contributed by atoms with E-state index >= 15 is 0 Å². The van der Waals surface area contributed by atoms with Crippen LogP contribution < -0.4 is 0 Å². The second-order valence-corrected chi connectivity index (χ2v) is 2.82. The van der Waals surface area contributed by atoms with Gasteiger partial charge in [-0.25, -0.2) is 14.3 Å². The molecule has 0 aliphatic carbocycles. The van der Waals surface area contributed by atoms with Gasteiger partial charge in [0.25, 0.3) is 0 Å². The largest absolute Gasteiger partial charge is 0.465 e. The normalized spacial score (nSPS) is 10.2. The Balaban J connectivity index is 2.73. The van der Waals surface area contributed by atoms with E-state index in [2.05, 4.69) is 14.8 Å². The van der Waals surface area contributed by atoms with Crippen molar-refractivity contribution in [2.24, 2.45) is 0 Å². The number of aldehydes is 1. The molecule has 76 valence electrons. The van der Waals surface area contributed by atoms with Gasteiger partial charge in [0.2, 0.25) is 0 Å². The van der Waals surface area contributed by atoms with Crippen molar-refractivity contribution in [1.82, 2.24) is 14.6 Å². The molecule has 0 bridgehead atoms. The fourth-order valence-electron chi connectivity index (χ4n) is 1.27. The first-order valence-electron chi connectivity index (χ1n) is 4.13. The number of nitrogens with zero attached hydrogens (tertiary/aromatic N) is 3. The van der Waals surface area contributed by atoms with Gasteiger partial charge in [-0.2, -0.15) is 5.10 Å². The van der Waals surface area contributed by atoms with Crippen LogP contribution in [-0.4, -0.2) is 34.0 Å². The summed E-state index contributed by atoms with van der Waals surface area (Å²) in [5, 5.41) is 3.84. The van der Waals surface area contributed by atoms with Crippen LogP contribution in [0.2, 0.25) is 0 Å². The van der Waals surface area contributed by atoms with Crippen LogP contribution in [0.4, 0.5) is 0 Å². The Kier molecular flexibility index (Phi) is 2.17. The lowest BCUT2D eigenvalue weighted by Gasteiger charge is -2.01. The van der Waals surface area contributed by atoms with Gasteiger partial charge in [0.05, 0.1) is 7.11 Å². The minimum absolute atomic E-state index is 0.222. The Labute approximate surface area is 84.5 Å². The number of aromatic nitrogens is 3. The van der Waals surface area contributed by atoms with Crippen molar-refractivity contribution in [1.29, 1.82) is 0 Å². The molecular weight excluding hydrogens is 198 g/mol. The number of hydrogen-bond donors (Lipinski definition) is 0. The Bertz CT molecular complexity index is 532. The fraction of sp³-hybridized carbons (Fsp3) is 0.111. The van der Waals surface area contributed by atoms with E-state index in [4.69, 9.17) is 0 Å². The van der Waals surface area contributed by atoms with Crippen LogP contribution in [0.15, 0.2) is 18.6 Å². The molecule has 6 heteroatoms. The van der Waals surface area contributed by atoms with Crippen LogP contribution in [0.3, 0.4) is 0 Å². The number of carbonyl (C=O) groups is 2. The molecule has 2 aromatic rings. The summed E-state index contributed by atoms with van der Waals surface area (Å²) in [6.45, 7) is 0. The van der Waals surface area contributed by atoms with Crippen LogP contribution in [0, 0.1) is 0 Å². The van der Waals surface area contributed by atoms with E-state index in [0.29, 0.717) is 17.5 Å². The third-order valence-corrected chi connectivity index (χ3v) is 1.94. The van der Waals surface area contributed by atoms with E-state index in [-0.39, 0.29) is 5.56 Å². The summed E-state index contributed by atoms with van der Waals surface area (Å²) in [4.78, 5) is 25.9. The van der Waals surface area contributed by atoms with Crippen LogP contribution >= 0.6 is 0 Å². The summed E-state index contributed by atoms with van der Waals surface area (Å²) in [7, 11) is 1.27. The van der Waals surface area contributed by atoms with Crippen molar-refractivity contribution in [3.8, 4) is 0 Å². The molecule has 2 aromatic heterocycles. The number of rotatable bonds is 2. The topological polar surface area (TPSA) is 73.6 Å². The standard InChI is InChI=1S/C9H7N3O3/c1-15-9(14)7-2-6(4-13)3-12-8(7)10-5-11-12/h2-5H,1H3. The summed E-state index contributed by atoms with van der Waals surface area (Å²) < 4.78 is 5.93. The van der Waals surface area contributed by atoms with Crippen molar-refractivity contribution in [2.45, 2.75) is 0 Å². The Hall–Kier alpha value is -2.24. The minimum Gasteiger partial charge on any atom is -0.465 e. The average Bonchev–Trinajstić information content (AvgIpc) is 2.74. The Morgan fingerprint density at radius 3 is 3.07 bits per heavy atom. The lowest BCUT2D eigenvalue weighted by Crippen LogP contribution is -2.06. The van der Waals surface area contributed by atoms with Crippen LogP contribution in [-0.2, 0) is 4.74 Å². The molecule has 0 unspecified atom stereocenters. The monoisotopic (exact) mass is 205 g/mol. The SMILES string of the molecule is COC(=O)c1cc(C=O)cn2ncnc12. The van der Waals surface area contributed by atoms with E-state index in [9.17, 15) is 9.59 Å². The highest BCUT2D eigenvalue weighted by molar-refractivity contribution is 5.97. The first-order valence-corrected chi connectivity index (χ1v) is 4.13.